The maximum Gasteiger partial charge on any atom is 0.160 e. The third-order valence-electron chi connectivity index (χ3n) is 2.48. The van der Waals surface area contributed by atoms with Gasteiger partial charge in [0.05, 0.1) is 10.0 Å². The Morgan fingerprint density at radius 3 is 2.26 bits per heavy atom. The van der Waals surface area contributed by atoms with Gasteiger partial charge in [-0.2, -0.15) is 0 Å². The molecule has 0 atom stereocenters. The van der Waals surface area contributed by atoms with Crippen LogP contribution < -0.4 is 5.32 Å². The molecule has 0 bridgehead atoms. The van der Waals surface area contributed by atoms with E-state index in [0.717, 1.165) is 0 Å². The molecule has 2 aromatic carbocycles. The van der Waals surface area contributed by atoms with E-state index in [0.29, 0.717) is 15.7 Å². The zero-order valence-electron chi connectivity index (χ0n) is 9.48. The van der Waals surface area contributed by atoms with Crippen molar-refractivity contribution in [2.45, 2.75) is 6.54 Å². The van der Waals surface area contributed by atoms with Crippen molar-refractivity contribution in [2.75, 3.05) is 5.32 Å². The first-order valence-electron chi connectivity index (χ1n) is 5.29. The van der Waals surface area contributed by atoms with E-state index in [4.69, 9.17) is 23.2 Å². The van der Waals surface area contributed by atoms with E-state index in [9.17, 15) is 8.78 Å². The Kier molecular flexibility index (Phi) is 4.66. The first kappa shape index (κ1) is 14.6. The van der Waals surface area contributed by atoms with Crippen LogP contribution in [0.25, 0.3) is 0 Å². The summed E-state index contributed by atoms with van der Waals surface area (Å²) in [7, 11) is 0. The minimum absolute atomic E-state index is 0.0775. The van der Waals surface area contributed by atoms with Crippen molar-refractivity contribution in [3.63, 3.8) is 0 Å². The van der Waals surface area contributed by atoms with Crippen LogP contribution in [-0.4, -0.2) is 0 Å². The van der Waals surface area contributed by atoms with Crippen molar-refractivity contribution in [1.29, 1.82) is 0 Å². The molecule has 0 aliphatic heterocycles. The topological polar surface area (TPSA) is 12.0 Å². The van der Waals surface area contributed by atoms with Gasteiger partial charge in [-0.05, 0) is 24.3 Å². The van der Waals surface area contributed by atoms with E-state index >= 15 is 0 Å². The van der Waals surface area contributed by atoms with Crippen LogP contribution in [-0.2, 0) is 6.54 Å². The average molecular weight is 367 g/mol. The van der Waals surface area contributed by atoms with Crippen molar-refractivity contribution in [1.82, 2.24) is 0 Å². The molecule has 0 saturated heterocycles. The summed E-state index contributed by atoms with van der Waals surface area (Å²) >= 11 is 14.5. The van der Waals surface area contributed by atoms with Crippen molar-refractivity contribution in [3.8, 4) is 0 Å². The second kappa shape index (κ2) is 6.07. The predicted molar refractivity (Wildman–Crippen MR) is 77.8 cm³/mol. The first-order chi connectivity index (χ1) is 8.97. The summed E-state index contributed by atoms with van der Waals surface area (Å²) < 4.78 is 27.5. The van der Waals surface area contributed by atoms with E-state index in [2.05, 4.69) is 21.2 Å². The van der Waals surface area contributed by atoms with E-state index in [1.54, 1.807) is 12.1 Å². The van der Waals surface area contributed by atoms with Gasteiger partial charge >= 0.3 is 0 Å². The SMILES string of the molecule is Fc1cc(Br)ccc1CNc1cc(Cl)c(F)c(Cl)c1. The highest BCUT2D eigenvalue weighted by atomic mass is 79.9. The van der Waals surface area contributed by atoms with E-state index in [1.807, 2.05) is 0 Å². The lowest BCUT2D eigenvalue weighted by Crippen LogP contribution is -2.02. The van der Waals surface area contributed by atoms with Crippen LogP contribution in [0.4, 0.5) is 14.5 Å². The van der Waals surface area contributed by atoms with Gasteiger partial charge in [0, 0.05) is 22.3 Å². The summed E-state index contributed by atoms with van der Waals surface area (Å²) in [4.78, 5) is 0. The molecule has 6 heteroatoms. The van der Waals surface area contributed by atoms with Crippen LogP contribution in [0.2, 0.25) is 10.0 Å². The number of hydrogen-bond acceptors (Lipinski definition) is 1. The minimum Gasteiger partial charge on any atom is -0.381 e. The molecule has 1 nitrogen and oxygen atoms in total. The molecule has 0 spiro atoms. The predicted octanol–water partition coefficient (Wildman–Crippen LogP) is 5.65. The van der Waals surface area contributed by atoms with Gasteiger partial charge in [0.1, 0.15) is 5.82 Å². The molecule has 0 unspecified atom stereocenters. The maximum atomic E-state index is 13.6. The van der Waals surface area contributed by atoms with E-state index < -0.39 is 5.82 Å². The smallest absolute Gasteiger partial charge is 0.160 e. The Bertz CT molecular complexity index is 597. The Labute approximate surface area is 127 Å². The van der Waals surface area contributed by atoms with Gasteiger partial charge in [-0.25, -0.2) is 8.78 Å². The molecule has 0 saturated carbocycles. The number of rotatable bonds is 3. The van der Waals surface area contributed by atoms with E-state index in [1.165, 1.54) is 18.2 Å². The fourth-order valence-corrected chi connectivity index (χ4v) is 2.34. The zero-order valence-corrected chi connectivity index (χ0v) is 12.6. The lowest BCUT2D eigenvalue weighted by Gasteiger charge is -2.09. The summed E-state index contributed by atoms with van der Waals surface area (Å²) in [6.45, 7) is 0.247. The highest BCUT2D eigenvalue weighted by Crippen LogP contribution is 2.27. The van der Waals surface area contributed by atoms with Crippen molar-refractivity contribution < 1.29 is 8.78 Å². The molecule has 1 N–H and O–H groups in total. The lowest BCUT2D eigenvalue weighted by atomic mass is 10.2. The summed E-state index contributed by atoms with van der Waals surface area (Å²) in [5.74, 6) is -0.995. The number of halogens is 5. The van der Waals surface area contributed by atoms with Gasteiger partial charge in [0.25, 0.3) is 0 Å². The number of anilines is 1. The zero-order chi connectivity index (χ0) is 14.0. The molecule has 100 valence electrons. The van der Waals surface area contributed by atoms with Gasteiger partial charge < -0.3 is 5.32 Å². The van der Waals surface area contributed by atoms with Gasteiger partial charge in [0.2, 0.25) is 0 Å². The fourth-order valence-electron chi connectivity index (χ4n) is 1.52. The molecule has 0 radical (unpaired) electrons. The van der Waals surface area contributed by atoms with E-state index in [-0.39, 0.29) is 22.4 Å². The molecule has 2 rings (SSSR count). The van der Waals surface area contributed by atoms with Crippen LogP contribution in [0.3, 0.4) is 0 Å². The normalized spacial score (nSPS) is 10.6. The van der Waals surface area contributed by atoms with Crippen LogP contribution >= 0.6 is 39.1 Å². The Morgan fingerprint density at radius 1 is 1.05 bits per heavy atom. The molecular formula is C13H8BrCl2F2N. The Morgan fingerprint density at radius 2 is 1.68 bits per heavy atom. The molecule has 0 fully saturated rings. The maximum absolute atomic E-state index is 13.6. The third-order valence-corrected chi connectivity index (χ3v) is 3.53. The molecule has 0 aliphatic carbocycles. The third kappa shape index (κ3) is 3.59. The molecular weight excluding hydrogens is 359 g/mol. The summed E-state index contributed by atoms with van der Waals surface area (Å²) in [5, 5.41) is 2.78. The summed E-state index contributed by atoms with van der Waals surface area (Å²) in [6, 6.07) is 7.57. The molecule has 2 aromatic rings. The molecule has 0 amide bonds. The van der Waals surface area contributed by atoms with Crippen LogP contribution in [0.1, 0.15) is 5.56 Å². The standard InChI is InChI=1S/C13H8BrCl2F2N/c14-8-2-1-7(12(17)3-8)6-19-9-4-10(15)13(18)11(16)5-9/h1-5,19H,6H2. The molecule has 19 heavy (non-hydrogen) atoms. The van der Waals surface area contributed by atoms with Crippen LogP contribution in [0.15, 0.2) is 34.8 Å². The molecule has 0 aromatic heterocycles. The van der Waals surface area contributed by atoms with Gasteiger partial charge in [-0.15, -0.1) is 0 Å². The van der Waals surface area contributed by atoms with Gasteiger partial charge in [0.15, 0.2) is 5.82 Å². The highest BCUT2D eigenvalue weighted by molar-refractivity contribution is 9.10. The fraction of sp³-hybridized carbons (Fsp3) is 0.0769. The quantitative estimate of drug-likeness (QED) is 0.692. The van der Waals surface area contributed by atoms with Crippen molar-refractivity contribution in [3.05, 3.63) is 62.0 Å². The average Bonchev–Trinajstić information content (AvgIpc) is 2.34. The monoisotopic (exact) mass is 365 g/mol. The second-order valence-corrected chi connectivity index (χ2v) is 5.57. The number of benzene rings is 2. The summed E-state index contributed by atoms with van der Waals surface area (Å²) in [6.07, 6.45) is 0. The first-order valence-corrected chi connectivity index (χ1v) is 6.84. The molecule has 0 heterocycles. The Hall–Kier alpha value is -0.840. The summed E-state index contributed by atoms with van der Waals surface area (Å²) in [5.41, 5.74) is 1.01. The minimum atomic E-state index is -0.663. The number of nitrogens with one attached hydrogen (secondary N) is 1. The molecule has 0 aliphatic rings. The number of hydrogen-bond donors (Lipinski definition) is 1. The van der Waals surface area contributed by atoms with Crippen molar-refractivity contribution in [2.24, 2.45) is 0 Å². The van der Waals surface area contributed by atoms with Gasteiger partial charge in [-0.1, -0.05) is 45.2 Å². The van der Waals surface area contributed by atoms with Gasteiger partial charge in [-0.3, -0.25) is 0 Å². The second-order valence-electron chi connectivity index (χ2n) is 3.84. The highest BCUT2D eigenvalue weighted by Gasteiger charge is 2.08. The largest absolute Gasteiger partial charge is 0.381 e. The lowest BCUT2D eigenvalue weighted by molar-refractivity contribution is 0.612. The van der Waals surface area contributed by atoms with Crippen LogP contribution in [0, 0.1) is 11.6 Å². The van der Waals surface area contributed by atoms with Crippen LogP contribution in [0.5, 0.6) is 0 Å². The Balaban J connectivity index is 2.14. The van der Waals surface area contributed by atoms with Crippen molar-refractivity contribution >= 4 is 44.8 Å².